The molecule has 0 saturated heterocycles. The number of nitrogens with two attached hydrogens (primary N) is 1. The van der Waals surface area contributed by atoms with Crippen LogP contribution in [0.4, 0.5) is 0 Å². The van der Waals surface area contributed by atoms with Crippen molar-refractivity contribution >= 4 is 11.3 Å². The summed E-state index contributed by atoms with van der Waals surface area (Å²) in [6.45, 7) is 2.77. The molecule has 2 aromatic rings. The molecule has 1 atom stereocenters. The Morgan fingerprint density at radius 2 is 2.39 bits per heavy atom. The Kier molecular flexibility index (Phi) is 4.16. The lowest BCUT2D eigenvalue weighted by Crippen LogP contribution is -2.40. The maximum atomic E-state index is 9.11. The zero-order valence-corrected chi connectivity index (χ0v) is 11.4. The lowest BCUT2D eigenvalue weighted by atomic mass is 9.98. The summed E-state index contributed by atoms with van der Waals surface area (Å²) in [6, 6.07) is 4.10. The number of aryl methyl sites for hydroxylation is 1. The molecule has 0 amide bonds. The smallest absolute Gasteiger partial charge is 0.149 e. The van der Waals surface area contributed by atoms with Crippen molar-refractivity contribution in [3.05, 3.63) is 29.9 Å². The fourth-order valence-corrected chi connectivity index (χ4v) is 2.59. The third-order valence-electron chi connectivity index (χ3n) is 2.97. The van der Waals surface area contributed by atoms with Crippen LogP contribution in [0.1, 0.15) is 19.8 Å². The topological polar surface area (TPSA) is 64.1 Å². The number of rotatable bonds is 6. The first-order valence-corrected chi connectivity index (χ1v) is 6.95. The molecular formula is C13H19N3OS. The molecule has 0 fully saturated rings. The van der Waals surface area contributed by atoms with Gasteiger partial charge in [-0.1, -0.05) is 6.07 Å². The van der Waals surface area contributed by atoms with Crippen LogP contribution >= 0.6 is 11.3 Å². The van der Waals surface area contributed by atoms with Gasteiger partial charge in [-0.25, -0.2) is 4.98 Å². The van der Waals surface area contributed by atoms with Gasteiger partial charge in [-0.15, -0.1) is 11.3 Å². The van der Waals surface area contributed by atoms with E-state index in [-0.39, 0.29) is 6.61 Å². The van der Waals surface area contributed by atoms with E-state index in [4.69, 9.17) is 10.8 Å². The molecule has 0 spiro atoms. The van der Waals surface area contributed by atoms with Crippen molar-refractivity contribution in [3.8, 4) is 10.7 Å². The first-order valence-electron chi connectivity index (χ1n) is 6.07. The van der Waals surface area contributed by atoms with Crippen molar-refractivity contribution in [2.75, 3.05) is 6.61 Å². The summed E-state index contributed by atoms with van der Waals surface area (Å²) in [6.07, 6.45) is 5.54. The normalized spacial score (nSPS) is 14.6. The van der Waals surface area contributed by atoms with Crippen LogP contribution in [0.2, 0.25) is 0 Å². The minimum atomic E-state index is -0.482. The maximum Gasteiger partial charge on any atom is 0.149 e. The van der Waals surface area contributed by atoms with Gasteiger partial charge in [-0.2, -0.15) is 0 Å². The molecule has 4 nitrogen and oxygen atoms in total. The first kappa shape index (κ1) is 13.3. The summed E-state index contributed by atoms with van der Waals surface area (Å²) in [4.78, 5) is 5.57. The highest BCUT2D eigenvalue weighted by Gasteiger charge is 2.16. The summed E-state index contributed by atoms with van der Waals surface area (Å²) >= 11 is 1.69. The third-order valence-corrected chi connectivity index (χ3v) is 3.83. The van der Waals surface area contributed by atoms with Gasteiger partial charge in [0.25, 0.3) is 0 Å². The quantitative estimate of drug-likeness (QED) is 0.840. The van der Waals surface area contributed by atoms with E-state index in [1.807, 2.05) is 25.4 Å². The number of hydrogen-bond donors (Lipinski definition) is 2. The third kappa shape index (κ3) is 3.19. The largest absolute Gasteiger partial charge is 0.394 e. The van der Waals surface area contributed by atoms with E-state index >= 15 is 0 Å². The van der Waals surface area contributed by atoms with Gasteiger partial charge in [-0.05, 0) is 31.2 Å². The van der Waals surface area contributed by atoms with Gasteiger partial charge in [0.1, 0.15) is 5.82 Å². The fraction of sp³-hybridized carbons (Fsp3) is 0.462. The van der Waals surface area contributed by atoms with Crippen molar-refractivity contribution in [1.29, 1.82) is 0 Å². The number of aliphatic hydroxyl groups is 1. The molecule has 5 heteroatoms. The monoisotopic (exact) mass is 265 g/mol. The minimum Gasteiger partial charge on any atom is -0.394 e. The minimum absolute atomic E-state index is 0.0225. The number of nitrogens with zero attached hydrogens (tertiary/aromatic N) is 2. The molecule has 2 heterocycles. The van der Waals surface area contributed by atoms with Gasteiger partial charge < -0.3 is 15.4 Å². The second kappa shape index (κ2) is 5.65. The van der Waals surface area contributed by atoms with Gasteiger partial charge in [0.15, 0.2) is 0 Å². The van der Waals surface area contributed by atoms with Crippen molar-refractivity contribution in [3.63, 3.8) is 0 Å². The van der Waals surface area contributed by atoms with Crippen molar-refractivity contribution in [2.24, 2.45) is 5.73 Å². The predicted molar refractivity (Wildman–Crippen MR) is 74.5 cm³/mol. The van der Waals surface area contributed by atoms with E-state index < -0.39 is 5.54 Å². The lowest BCUT2D eigenvalue weighted by molar-refractivity contribution is 0.196. The molecule has 0 aromatic carbocycles. The van der Waals surface area contributed by atoms with Crippen molar-refractivity contribution < 1.29 is 5.11 Å². The molecule has 98 valence electrons. The van der Waals surface area contributed by atoms with Gasteiger partial charge in [0.05, 0.1) is 11.5 Å². The predicted octanol–water partition coefficient (Wildman–Crippen LogP) is 2.10. The molecule has 0 saturated carbocycles. The van der Waals surface area contributed by atoms with E-state index in [0.29, 0.717) is 0 Å². The standard InChI is InChI=1S/C13H19N3OS/c1-13(14,10-17)5-3-7-16-8-6-15-12(16)11-4-2-9-18-11/h2,4,6,8-9,17H,3,5,7,10,14H2,1H3. The number of aromatic nitrogens is 2. The van der Waals surface area contributed by atoms with Gasteiger partial charge in [0, 0.05) is 24.5 Å². The molecule has 3 N–H and O–H groups in total. The first-order chi connectivity index (χ1) is 8.62. The Labute approximate surface area is 111 Å². The number of aliphatic hydroxyl groups excluding tert-OH is 1. The fourth-order valence-electron chi connectivity index (χ4n) is 1.85. The van der Waals surface area contributed by atoms with Crippen LogP contribution < -0.4 is 5.73 Å². The SMILES string of the molecule is CC(N)(CO)CCCn1ccnc1-c1cccs1. The van der Waals surface area contributed by atoms with Crippen LogP contribution in [-0.4, -0.2) is 26.8 Å². The summed E-state index contributed by atoms with van der Waals surface area (Å²) in [5.41, 5.74) is 5.43. The lowest BCUT2D eigenvalue weighted by Gasteiger charge is -2.21. The van der Waals surface area contributed by atoms with Crippen molar-refractivity contribution in [1.82, 2.24) is 9.55 Å². The van der Waals surface area contributed by atoms with Crippen LogP contribution in [0.25, 0.3) is 10.7 Å². The Bertz CT molecular complexity index is 476. The van der Waals surface area contributed by atoms with Crippen molar-refractivity contribution in [2.45, 2.75) is 31.8 Å². The Morgan fingerprint density at radius 3 is 3.06 bits per heavy atom. The molecule has 1 unspecified atom stereocenters. The summed E-state index contributed by atoms with van der Waals surface area (Å²) in [5, 5.41) is 11.2. The molecule has 0 aliphatic rings. The van der Waals surface area contributed by atoms with E-state index in [1.54, 1.807) is 11.3 Å². The number of imidazole rings is 1. The van der Waals surface area contributed by atoms with Gasteiger partial charge in [0.2, 0.25) is 0 Å². The summed E-state index contributed by atoms with van der Waals surface area (Å²) < 4.78 is 2.14. The maximum absolute atomic E-state index is 9.11. The Hall–Kier alpha value is -1.17. The highest BCUT2D eigenvalue weighted by molar-refractivity contribution is 7.13. The molecule has 0 aliphatic heterocycles. The molecule has 0 radical (unpaired) electrons. The Balaban J connectivity index is 1.97. The van der Waals surface area contributed by atoms with Gasteiger partial charge in [-0.3, -0.25) is 0 Å². The van der Waals surface area contributed by atoms with Crippen LogP contribution in [-0.2, 0) is 6.54 Å². The van der Waals surface area contributed by atoms with E-state index in [0.717, 1.165) is 25.2 Å². The van der Waals surface area contributed by atoms with Crippen LogP contribution in [0.15, 0.2) is 29.9 Å². The van der Waals surface area contributed by atoms with E-state index in [9.17, 15) is 0 Å². The molecular weight excluding hydrogens is 246 g/mol. The van der Waals surface area contributed by atoms with Crippen LogP contribution in [0.5, 0.6) is 0 Å². The van der Waals surface area contributed by atoms with Crippen LogP contribution in [0, 0.1) is 0 Å². The van der Waals surface area contributed by atoms with Gasteiger partial charge >= 0.3 is 0 Å². The number of thiophene rings is 1. The Morgan fingerprint density at radius 1 is 1.56 bits per heavy atom. The molecule has 2 aromatic heterocycles. The average Bonchev–Trinajstić information content (AvgIpc) is 2.98. The zero-order chi connectivity index (χ0) is 13.0. The highest BCUT2D eigenvalue weighted by atomic mass is 32.1. The second-order valence-corrected chi connectivity index (χ2v) is 5.78. The average molecular weight is 265 g/mol. The summed E-state index contributed by atoms with van der Waals surface area (Å²) in [5.74, 6) is 1.01. The second-order valence-electron chi connectivity index (χ2n) is 4.84. The molecule has 2 rings (SSSR count). The van der Waals surface area contributed by atoms with Crippen LogP contribution in [0.3, 0.4) is 0 Å². The molecule has 0 aliphatic carbocycles. The zero-order valence-electron chi connectivity index (χ0n) is 10.5. The van der Waals surface area contributed by atoms with E-state index in [2.05, 4.69) is 21.0 Å². The number of hydrogen-bond acceptors (Lipinski definition) is 4. The molecule has 0 bridgehead atoms. The highest BCUT2D eigenvalue weighted by Crippen LogP contribution is 2.23. The van der Waals surface area contributed by atoms with E-state index in [1.165, 1.54) is 4.88 Å². The molecule has 18 heavy (non-hydrogen) atoms. The summed E-state index contributed by atoms with van der Waals surface area (Å²) in [7, 11) is 0.